The largest absolute Gasteiger partial charge is 0.496 e. The third-order valence-corrected chi connectivity index (χ3v) is 2.68. The van der Waals surface area contributed by atoms with Gasteiger partial charge in [0.25, 0.3) is 0 Å². The fraction of sp³-hybridized carbons (Fsp3) is 0.167. The van der Waals surface area contributed by atoms with Gasteiger partial charge in [-0.2, -0.15) is 5.26 Å². The average molecular weight is 248 g/mol. The maximum absolute atomic E-state index is 8.96. The van der Waals surface area contributed by atoms with Crippen LogP contribution >= 0.6 is 11.6 Å². The first-order chi connectivity index (χ1) is 8.17. The number of aromatic nitrogens is 2. The number of methoxy groups -OCH3 is 1. The van der Waals surface area contributed by atoms with E-state index in [1.165, 1.54) is 6.33 Å². The van der Waals surface area contributed by atoms with E-state index in [1.807, 2.05) is 19.1 Å². The van der Waals surface area contributed by atoms with E-state index >= 15 is 0 Å². The third kappa shape index (κ3) is 1.97. The molecule has 1 aromatic carbocycles. The maximum atomic E-state index is 8.96. The molecule has 0 aliphatic carbocycles. The summed E-state index contributed by atoms with van der Waals surface area (Å²) < 4.78 is 5.34. The highest BCUT2D eigenvalue weighted by Crippen LogP contribution is 2.35. The molecule has 0 bridgehead atoms. The molecule has 0 radical (unpaired) electrons. The van der Waals surface area contributed by atoms with Crippen molar-refractivity contribution in [1.82, 2.24) is 9.97 Å². The van der Waals surface area contributed by atoms with Crippen molar-refractivity contribution in [2.75, 3.05) is 7.11 Å². The molecule has 2 rings (SSSR count). The predicted molar refractivity (Wildman–Crippen MR) is 65.0 cm³/mol. The zero-order valence-electron chi connectivity index (χ0n) is 9.41. The molecule has 0 aliphatic rings. The fourth-order valence-corrected chi connectivity index (χ4v) is 2.04. The van der Waals surface area contributed by atoms with E-state index in [4.69, 9.17) is 21.6 Å². The molecule has 4 nitrogen and oxygen atoms in total. The number of ether oxygens (including phenoxy) is 1. The highest BCUT2D eigenvalue weighted by atomic mass is 35.5. The lowest BCUT2D eigenvalue weighted by atomic mass is 10.1. The number of imidazole rings is 1. The van der Waals surface area contributed by atoms with E-state index in [9.17, 15) is 0 Å². The number of aromatic amines is 1. The minimum absolute atomic E-state index is 0.324. The molecule has 0 fully saturated rings. The van der Waals surface area contributed by atoms with Gasteiger partial charge in [-0.15, -0.1) is 0 Å². The summed E-state index contributed by atoms with van der Waals surface area (Å²) in [5, 5.41) is 9.56. The Morgan fingerprint density at radius 2 is 2.24 bits per heavy atom. The Morgan fingerprint density at radius 3 is 2.88 bits per heavy atom. The summed E-state index contributed by atoms with van der Waals surface area (Å²) in [6.07, 6.45) is 1.48. The number of hydrogen-bond donors (Lipinski definition) is 1. The summed E-state index contributed by atoms with van der Waals surface area (Å²) >= 11 is 6.02. The molecule has 0 amide bonds. The molecule has 1 aromatic heterocycles. The Morgan fingerprint density at radius 1 is 1.47 bits per heavy atom. The van der Waals surface area contributed by atoms with Gasteiger partial charge in [-0.25, -0.2) is 4.98 Å². The quantitative estimate of drug-likeness (QED) is 0.888. The summed E-state index contributed by atoms with van der Waals surface area (Å²) in [5.41, 5.74) is 2.60. The Balaban J connectivity index is 2.71. The first-order valence-corrected chi connectivity index (χ1v) is 5.33. The topological polar surface area (TPSA) is 61.7 Å². The molecule has 1 N–H and O–H groups in total. The maximum Gasteiger partial charge on any atom is 0.166 e. The molecule has 0 saturated carbocycles. The van der Waals surface area contributed by atoms with Crippen molar-refractivity contribution in [1.29, 1.82) is 5.26 Å². The van der Waals surface area contributed by atoms with Gasteiger partial charge in [0.15, 0.2) is 5.69 Å². The van der Waals surface area contributed by atoms with E-state index in [1.54, 1.807) is 13.2 Å². The number of halogens is 1. The molecule has 0 aliphatic heterocycles. The molecule has 5 heteroatoms. The molecule has 0 saturated heterocycles. The molecule has 1 heterocycles. The van der Waals surface area contributed by atoms with Gasteiger partial charge in [0.05, 0.1) is 19.1 Å². The first kappa shape index (κ1) is 11.5. The van der Waals surface area contributed by atoms with Gasteiger partial charge < -0.3 is 9.72 Å². The second kappa shape index (κ2) is 4.48. The van der Waals surface area contributed by atoms with Crippen LogP contribution in [-0.2, 0) is 0 Å². The molecular formula is C12H10ClN3O. The lowest BCUT2D eigenvalue weighted by molar-refractivity contribution is 0.413. The van der Waals surface area contributed by atoms with Crippen molar-refractivity contribution in [3.05, 3.63) is 34.7 Å². The average Bonchev–Trinajstić information content (AvgIpc) is 2.75. The van der Waals surface area contributed by atoms with E-state index in [-0.39, 0.29) is 0 Å². The molecular weight excluding hydrogens is 238 g/mol. The standard InChI is InChI=1S/C12H10ClN3O/c1-7-3-8(13)4-9(12(7)17-2)11-10(5-14)15-6-16-11/h3-4,6H,1-2H3,(H,15,16). The normalized spacial score (nSPS) is 10.0. The van der Waals surface area contributed by atoms with Crippen LogP contribution in [-0.4, -0.2) is 17.1 Å². The van der Waals surface area contributed by atoms with Gasteiger partial charge in [-0.1, -0.05) is 11.6 Å². The summed E-state index contributed by atoms with van der Waals surface area (Å²) in [5.74, 6) is 0.690. The number of nitriles is 1. The van der Waals surface area contributed by atoms with Gasteiger partial charge in [0.1, 0.15) is 11.8 Å². The highest BCUT2D eigenvalue weighted by molar-refractivity contribution is 6.31. The zero-order valence-corrected chi connectivity index (χ0v) is 10.2. The number of nitrogens with one attached hydrogen (secondary N) is 1. The van der Waals surface area contributed by atoms with Gasteiger partial charge in [0.2, 0.25) is 0 Å². The highest BCUT2D eigenvalue weighted by Gasteiger charge is 2.15. The van der Waals surface area contributed by atoms with E-state index < -0.39 is 0 Å². The molecule has 17 heavy (non-hydrogen) atoms. The number of benzene rings is 1. The van der Waals surface area contributed by atoms with E-state index in [0.29, 0.717) is 22.2 Å². The van der Waals surface area contributed by atoms with Gasteiger partial charge in [0, 0.05) is 10.6 Å². The smallest absolute Gasteiger partial charge is 0.166 e. The fourth-order valence-electron chi connectivity index (χ4n) is 1.77. The predicted octanol–water partition coefficient (Wildman–Crippen LogP) is 2.92. The lowest BCUT2D eigenvalue weighted by Gasteiger charge is -2.11. The van der Waals surface area contributed by atoms with Crippen molar-refractivity contribution in [2.24, 2.45) is 0 Å². The van der Waals surface area contributed by atoms with E-state index in [2.05, 4.69) is 9.97 Å². The van der Waals surface area contributed by atoms with Gasteiger partial charge in [-0.05, 0) is 24.6 Å². The number of nitrogens with zero attached hydrogens (tertiary/aromatic N) is 2. The monoisotopic (exact) mass is 247 g/mol. The van der Waals surface area contributed by atoms with Crippen LogP contribution in [0.25, 0.3) is 11.3 Å². The van der Waals surface area contributed by atoms with Crippen LogP contribution in [0.5, 0.6) is 5.75 Å². The van der Waals surface area contributed by atoms with Crippen LogP contribution < -0.4 is 4.74 Å². The second-order valence-corrected chi connectivity index (χ2v) is 3.98. The SMILES string of the molecule is COc1c(C)cc(Cl)cc1-c1[nH]cnc1C#N. The van der Waals surface area contributed by atoms with E-state index in [0.717, 1.165) is 11.1 Å². The number of aryl methyl sites for hydroxylation is 1. The Bertz CT molecular complexity index is 598. The van der Waals surface area contributed by atoms with Crippen LogP contribution in [0.15, 0.2) is 18.5 Å². The Kier molecular flexibility index (Phi) is 3.03. The van der Waals surface area contributed by atoms with Crippen molar-refractivity contribution in [3.63, 3.8) is 0 Å². The van der Waals surface area contributed by atoms with Gasteiger partial charge >= 0.3 is 0 Å². The number of hydrogen-bond acceptors (Lipinski definition) is 3. The van der Waals surface area contributed by atoms with Crippen molar-refractivity contribution < 1.29 is 4.74 Å². The zero-order chi connectivity index (χ0) is 12.4. The van der Waals surface area contributed by atoms with Crippen LogP contribution in [0, 0.1) is 18.3 Å². The molecule has 2 aromatic rings. The molecule has 0 spiro atoms. The summed E-state index contributed by atoms with van der Waals surface area (Å²) in [7, 11) is 1.59. The van der Waals surface area contributed by atoms with Crippen LogP contribution in [0.4, 0.5) is 0 Å². The van der Waals surface area contributed by atoms with Crippen LogP contribution in [0.3, 0.4) is 0 Å². The molecule has 0 unspecified atom stereocenters. The van der Waals surface area contributed by atoms with Crippen molar-refractivity contribution in [3.8, 4) is 23.1 Å². The summed E-state index contributed by atoms with van der Waals surface area (Å²) in [6.45, 7) is 1.90. The minimum atomic E-state index is 0.324. The summed E-state index contributed by atoms with van der Waals surface area (Å²) in [4.78, 5) is 6.86. The third-order valence-electron chi connectivity index (χ3n) is 2.46. The van der Waals surface area contributed by atoms with Crippen LogP contribution in [0.2, 0.25) is 5.02 Å². The second-order valence-electron chi connectivity index (χ2n) is 3.54. The first-order valence-electron chi connectivity index (χ1n) is 4.95. The van der Waals surface area contributed by atoms with Gasteiger partial charge in [-0.3, -0.25) is 0 Å². The van der Waals surface area contributed by atoms with Crippen molar-refractivity contribution >= 4 is 11.6 Å². The van der Waals surface area contributed by atoms with Crippen LogP contribution in [0.1, 0.15) is 11.3 Å². The summed E-state index contributed by atoms with van der Waals surface area (Å²) in [6, 6.07) is 5.59. The number of rotatable bonds is 2. The molecule has 86 valence electrons. The Hall–Kier alpha value is -1.99. The lowest BCUT2D eigenvalue weighted by Crippen LogP contribution is -1.93. The Labute approximate surface area is 104 Å². The minimum Gasteiger partial charge on any atom is -0.496 e. The number of H-pyrrole nitrogens is 1. The molecule has 0 atom stereocenters. The van der Waals surface area contributed by atoms with Crippen molar-refractivity contribution in [2.45, 2.75) is 6.92 Å².